The molecule has 0 saturated carbocycles. The van der Waals surface area contributed by atoms with Crippen LogP contribution in [0.5, 0.6) is 11.5 Å². The zero-order chi connectivity index (χ0) is 19.5. The third-order valence-corrected chi connectivity index (χ3v) is 4.14. The monoisotopic (exact) mass is 361 g/mol. The largest absolute Gasteiger partial charge is 0.493 e. The smallest absolute Gasteiger partial charge is 0.335 e. The first kappa shape index (κ1) is 19.2. The molecule has 1 amide bonds. The number of carboxylic acids is 1. The number of hydrogen-bond acceptors (Lipinski definition) is 4. The molecule has 0 heterocycles. The van der Waals surface area contributed by atoms with E-state index in [-0.39, 0.29) is 11.3 Å². The standard InChI is InChI=1S/C19H20FNO5/c1-19(2,12-6-8-15(25-3)16(10-12)26-4)18(24)21-14-7-5-11(17(22)23)9-13(14)20/h5-10H,1-4H3,(H,21,24)(H,22,23). The van der Waals surface area contributed by atoms with E-state index in [0.29, 0.717) is 17.1 Å². The number of aromatic carboxylic acids is 1. The van der Waals surface area contributed by atoms with E-state index in [9.17, 15) is 14.0 Å². The second kappa shape index (κ2) is 7.43. The van der Waals surface area contributed by atoms with Gasteiger partial charge in [-0.1, -0.05) is 6.07 Å². The van der Waals surface area contributed by atoms with E-state index in [1.807, 2.05) is 0 Å². The van der Waals surface area contributed by atoms with Crippen molar-refractivity contribution in [3.05, 3.63) is 53.3 Å². The van der Waals surface area contributed by atoms with Gasteiger partial charge in [-0.15, -0.1) is 0 Å². The number of hydrogen-bond donors (Lipinski definition) is 2. The normalized spacial score (nSPS) is 11.0. The number of benzene rings is 2. The minimum Gasteiger partial charge on any atom is -0.493 e. The quantitative estimate of drug-likeness (QED) is 0.823. The molecule has 0 spiro atoms. The van der Waals surface area contributed by atoms with Crippen LogP contribution in [-0.2, 0) is 10.2 Å². The van der Waals surface area contributed by atoms with E-state index >= 15 is 0 Å². The predicted octanol–water partition coefficient (Wildman–Crippen LogP) is 3.46. The molecule has 0 aliphatic carbocycles. The minimum absolute atomic E-state index is 0.0893. The van der Waals surface area contributed by atoms with Crippen molar-refractivity contribution in [2.75, 3.05) is 19.5 Å². The molecule has 0 aromatic heterocycles. The van der Waals surface area contributed by atoms with Gasteiger partial charge < -0.3 is 19.9 Å². The van der Waals surface area contributed by atoms with E-state index in [2.05, 4.69) is 5.32 Å². The minimum atomic E-state index is -1.24. The summed E-state index contributed by atoms with van der Waals surface area (Å²) in [4.78, 5) is 23.6. The van der Waals surface area contributed by atoms with Gasteiger partial charge in [-0.05, 0) is 49.7 Å². The van der Waals surface area contributed by atoms with Crippen molar-refractivity contribution in [1.82, 2.24) is 0 Å². The van der Waals surface area contributed by atoms with Crippen LogP contribution in [-0.4, -0.2) is 31.2 Å². The lowest BCUT2D eigenvalue weighted by Gasteiger charge is -2.25. The average Bonchev–Trinajstić information content (AvgIpc) is 2.62. The van der Waals surface area contributed by atoms with Gasteiger partial charge in [0.25, 0.3) is 0 Å². The Kier molecular flexibility index (Phi) is 5.50. The van der Waals surface area contributed by atoms with Crippen LogP contribution in [0.3, 0.4) is 0 Å². The fraction of sp³-hybridized carbons (Fsp3) is 0.263. The molecule has 2 aromatic carbocycles. The summed E-state index contributed by atoms with van der Waals surface area (Å²) in [5.74, 6) is -1.51. The van der Waals surface area contributed by atoms with Gasteiger partial charge in [0.15, 0.2) is 11.5 Å². The SMILES string of the molecule is COc1ccc(C(C)(C)C(=O)Nc2ccc(C(=O)O)cc2F)cc1OC. The summed E-state index contributed by atoms with van der Waals surface area (Å²) < 4.78 is 24.5. The number of anilines is 1. The molecule has 0 aliphatic heterocycles. The van der Waals surface area contributed by atoms with E-state index in [1.165, 1.54) is 26.4 Å². The Hall–Kier alpha value is -3.09. The van der Waals surface area contributed by atoms with Crippen molar-refractivity contribution < 1.29 is 28.6 Å². The zero-order valence-corrected chi connectivity index (χ0v) is 14.9. The van der Waals surface area contributed by atoms with Gasteiger partial charge in [-0.25, -0.2) is 9.18 Å². The Bertz CT molecular complexity index is 848. The summed E-state index contributed by atoms with van der Waals surface area (Å²) in [7, 11) is 3.01. The highest BCUT2D eigenvalue weighted by atomic mass is 19.1. The van der Waals surface area contributed by atoms with Gasteiger partial charge >= 0.3 is 5.97 Å². The highest BCUT2D eigenvalue weighted by molar-refractivity contribution is 5.99. The predicted molar refractivity (Wildman–Crippen MR) is 94.6 cm³/mol. The molecule has 138 valence electrons. The molecule has 2 aromatic rings. The Balaban J connectivity index is 2.29. The Labute approximate surface area is 150 Å². The number of carbonyl (C=O) groups excluding carboxylic acids is 1. The molecule has 7 heteroatoms. The van der Waals surface area contributed by atoms with Crippen molar-refractivity contribution in [1.29, 1.82) is 0 Å². The first-order valence-corrected chi connectivity index (χ1v) is 7.77. The van der Waals surface area contributed by atoms with Crippen LogP contribution < -0.4 is 14.8 Å². The van der Waals surface area contributed by atoms with E-state index in [1.54, 1.807) is 32.0 Å². The number of carbonyl (C=O) groups is 2. The molecule has 26 heavy (non-hydrogen) atoms. The van der Waals surface area contributed by atoms with E-state index in [0.717, 1.165) is 6.07 Å². The second-order valence-corrected chi connectivity index (χ2v) is 6.15. The summed E-state index contributed by atoms with van der Waals surface area (Å²) in [6, 6.07) is 8.41. The Morgan fingerprint density at radius 1 is 1.04 bits per heavy atom. The van der Waals surface area contributed by atoms with Crippen LogP contribution in [0.1, 0.15) is 29.8 Å². The highest BCUT2D eigenvalue weighted by Crippen LogP contribution is 2.34. The molecule has 0 radical (unpaired) electrons. The van der Waals surface area contributed by atoms with Crippen molar-refractivity contribution in [2.24, 2.45) is 0 Å². The molecule has 0 fully saturated rings. The van der Waals surface area contributed by atoms with Crippen LogP contribution in [0, 0.1) is 5.82 Å². The average molecular weight is 361 g/mol. The molecular weight excluding hydrogens is 341 g/mol. The summed E-state index contributed by atoms with van der Waals surface area (Å²) in [5.41, 5.74) is -0.638. The number of nitrogens with one attached hydrogen (secondary N) is 1. The number of halogens is 1. The van der Waals surface area contributed by atoms with Gasteiger partial charge in [0.2, 0.25) is 5.91 Å². The first-order chi connectivity index (χ1) is 12.2. The molecule has 0 aliphatic rings. The summed E-state index contributed by atoms with van der Waals surface area (Å²) >= 11 is 0. The van der Waals surface area contributed by atoms with Crippen LogP contribution in [0.15, 0.2) is 36.4 Å². The van der Waals surface area contributed by atoms with E-state index < -0.39 is 23.1 Å². The number of rotatable bonds is 6. The van der Waals surface area contributed by atoms with E-state index in [4.69, 9.17) is 14.6 Å². The maximum atomic E-state index is 14.1. The maximum Gasteiger partial charge on any atom is 0.335 e. The van der Waals surface area contributed by atoms with Gasteiger partial charge in [-0.3, -0.25) is 4.79 Å². The van der Waals surface area contributed by atoms with Crippen LogP contribution in [0.25, 0.3) is 0 Å². The van der Waals surface area contributed by atoms with Crippen molar-refractivity contribution in [3.63, 3.8) is 0 Å². The number of carboxylic acid groups (broad SMARTS) is 1. The summed E-state index contributed by atoms with van der Waals surface area (Å²) in [5, 5.41) is 11.4. The van der Waals surface area contributed by atoms with Crippen LogP contribution in [0.4, 0.5) is 10.1 Å². The zero-order valence-electron chi connectivity index (χ0n) is 14.9. The molecule has 0 atom stereocenters. The van der Waals surface area contributed by atoms with Crippen molar-refractivity contribution in [3.8, 4) is 11.5 Å². The topological polar surface area (TPSA) is 84.9 Å². The van der Waals surface area contributed by atoms with Gasteiger partial charge in [0.1, 0.15) is 5.82 Å². The molecule has 2 rings (SSSR count). The lowest BCUT2D eigenvalue weighted by atomic mass is 9.83. The second-order valence-electron chi connectivity index (χ2n) is 6.15. The third kappa shape index (κ3) is 3.77. The van der Waals surface area contributed by atoms with Gasteiger partial charge in [-0.2, -0.15) is 0 Å². The first-order valence-electron chi connectivity index (χ1n) is 7.77. The van der Waals surface area contributed by atoms with Crippen molar-refractivity contribution >= 4 is 17.6 Å². The fourth-order valence-electron chi connectivity index (χ4n) is 2.38. The van der Waals surface area contributed by atoms with Gasteiger partial charge in [0.05, 0.1) is 30.9 Å². The molecular formula is C19H20FNO5. The highest BCUT2D eigenvalue weighted by Gasteiger charge is 2.31. The fourth-order valence-corrected chi connectivity index (χ4v) is 2.38. The third-order valence-electron chi connectivity index (χ3n) is 4.14. The molecule has 2 N–H and O–H groups in total. The Morgan fingerprint density at radius 2 is 1.69 bits per heavy atom. The number of methoxy groups -OCH3 is 2. The molecule has 0 saturated heterocycles. The number of amides is 1. The Morgan fingerprint density at radius 3 is 2.23 bits per heavy atom. The lowest BCUT2D eigenvalue weighted by molar-refractivity contribution is -0.120. The molecule has 6 nitrogen and oxygen atoms in total. The summed E-state index contributed by atoms with van der Waals surface area (Å²) in [6.07, 6.45) is 0. The maximum absolute atomic E-state index is 14.1. The molecule has 0 unspecified atom stereocenters. The molecule has 0 bridgehead atoms. The van der Waals surface area contributed by atoms with Crippen LogP contribution in [0.2, 0.25) is 0 Å². The van der Waals surface area contributed by atoms with Gasteiger partial charge in [0, 0.05) is 0 Å². The van der Waals surface area contributed by atoms with Crippen molar-refractivity contribution in [2.45, 2.75) is 19.3 Å². The number of ether oxygens (including phenoxy) is 2. The van der Waals surface area contributed by atoms with Crippen LogP contribution >= 0.6 is 0 Å². The summed E-state index contributed by atoms with van der Waals surface area (Å²) in [6.45, 7) is 3.38. The lowest BCUT2D eigenvalue weighted by Crippen LogP contribution is -2.35.